The summed E-state index contributed by atoms with van der Waals surface area (Å²) in [5, 5.41) is 4.53. The van der Waals surface area contributed by atoms with Crippen molar-refractivity contribution in [2.24, 2.45) is 5.10 Å². The van der Waals surface area contributed by atoms with Crippen LogP contribution in [0.1, 0.15) is 12.5 Å². The second-order valence-electron chi connectivity index (χ2n) is 4.65. The van der Waals surface area contributed by atoms with Crippen LogP contribution in [-0.2, 0) is 4.79 Å². The molecule has 2 rings (SSSR count). The summed E-state index contributed by atoms with van der Waals surface area (Å²) in [6.45, 7) is 2.30. The molecule has 0 spiro atoms. The molecule has 0 radical (unpaired) electrons. The maximum absolute atomic E-state index is 11.7. The lowest BCUT2D eigenvalue weighted by molar-refractivity contribution is -0.123. The molecule has 1 N–H and O–H groups in total. The summed E-state index contributed by atoms with van der Waals surface area (Å²) in [6.07, 6.45) is 1.52. The molecule has 2 aromatic rings. The highest BCUT2D eigenvalue weighted by atomic mass is 79.9. The zero-order chi connectivity index (χ0) is 17.4. The van der Waals surface area contributed by atoms with Crippen molar-refractivity contribution in [1.29, 1.82) is 0 Å². The zero-order valence-corrected chi connectivity index (χ0v) is 15.3. The lowest BCUT2D eigenvalue weighted by atomic mass is 10.2. The standard InChI is InChI=1S/C17H16BrClN2O3/c1-2-23-16-8-3-13(18)9-12(16)10-20-21-17(22)11-24-15-6-4-14(19)5-7-15/h3-10H,2,11H2,1H3,(H,21,22)/b20-10-. The maximum Gasteiger partial charge on any atom is 0.277 e. The van der Waals surface area contributed by atoms with Crippen molar-refractivity contribution < 1.29 is 14.3 Å². The quantitative estimate of drug-likeness (QED) is 0.553. The van der Waals surface area contributed by atoms with Crippen molar-refractivity contribution in [3.8, 4) is 11.5 Å². The Morgan fingerprint density at radius 1 is 1.25 bits per heavy atom. The number of nitrogens with one attached hydrogen (secondary N) is 1. The molecule has 24 heavy (non-hydrogen) atoms. The summed E-state index contributed by atoms with van der Waals surface area (Å²) < 4.78 is 11.7. The third-order valence-electron chi connectivity index (χ3n) is 2.85. The van der Waals surface area contributed by atoms with Gasteiger partial charge in [0, 0.05) is 15.1 Å². The Morgan fingerprint density at radius 3 is 2.71 bits per heavy atom. The summed E-state index contributed by atoms with van der Waals surface area (Å²) in [5.74, 6) is 0.884. The minimum Gasteiger partial charge on any atom is -0.493 e. The highest BCUT2D eigenvalue weighted by molar-refractivity contribution is 9.10. The number of amides is 1. The van der Waals surface area contributed by atoms with Crippen LogP contribution in [0.5, 0.6) is 11.5 Å². The summed E-state index contributed by atoms with van der Waals surface area (Å²) in [7, 11) is 0. The molecule has 0 aliphatic carbocycles. The van der Waals surface area contributed by atoms with Crippen LogP contribution in [-0.4, -0.2) is 25.3 Å². The molecular formula is C17H16BrClN2O3. The smallest absolute Gasteiger partial charge is 0.277 e. The van der Waals surface area contributed by atoms with Crippen molar-refractivity contribution in [3.63, 3.8) is 0 Å². The van der Waals surface area contributed by atoms with Gasteiger partial charge in [-0.1, -0.05) is 27.5 Å². The monoisotopic (exact) mass is 410 g/mol. The number of benzene rings is 2. The summed E-state index contributed by atoms with van der Waals surface area (Å²) in [4.78, 5) is 11.7. The fourth-order valence-electron chi connectivity index (χ4n) is 1.79. The number of ether oxygens (including phenoxy) is 2. The fourth-order valence-corrected chi connectivity index (χ4v) is 2.30. The molecule has 0 bridgehead atoms. The van der Waals surface area contributed by atoms with Gasteiger partial charge < -0.3 is 9.47 Å². The Hall–Kier alpha value is -2.05. The summed E-state index contributed by atoms with van der Waals surface area (Å²) in [5.41, 5.74) is 3.16. The van der Waals surface area contributed by atoms with E-state index >= 15 is 0 Å². The van der Waals surface area contributed by atoms with Gasteiger partial charge in [0.05, 0.1) is 12.8 Å². The maximum atomic E-state index is 11.7. The Morgan fingerprint density at radius 2 is 2.00 bits per heavy atom. The normalized spacial score (nSPS) is 10.6. The number of nitrogens with zero attached hydrogens (tertiary/aromatic N) is 1. The van der Waals surface area contributed by atoms with Crippen LogP contribution in [0.2, 0.25) is 5.02 Å². The van der Waals surface area contributed by atoms with Gasteiger partial charge in [0.1, 0.15) is 11.5 Å². The van der Waals surface area contributed by atoms with Gasteiger partial charge in [0.25, 0.3) is 5.91 Å². The number of carbonyl (C=O) groups excluding carboxylic acids is 1. The topological polar surface area (TPSA) is 59.9 Å². The molecule has 2 aromatic carbocycles. The van der Waals surface area contributed by atoms with Crippen molar-refractivity contribution in [1.82, 2.24) is 5.43 Å². The van der Waals surface area contributed by atoms with E-state index in [1.807, 2.05) is 25.1 Å². The molecule has 0 aromatic heterocycles. The van der Waals surface area contributed by atoms with E-state index in [0.29, 0.717) is 23.1 Å². The number of halogens is 2. The molecular weight excluding hydrogens is 396 g/mol. The molecule has 7 heteroatoms. The number of rotatable bonds is 7. The van der Waals surface area contributed by atoms with Gasteiger partial charge >= 0.3 is 0 Å². The first-order valence-electron chi connectivity index (χ1n) is 7.21. The van der Waals surface area contributed by atoms with Gasteiger partial charge in [0.15, 0.2) is 6.61 Å². The Balaban J connectivity index is 1.88. The van der Waals surface area contributed by atoms with E-state index in [1.165, 1.54) is 6.21 Å². The van der Waals surface area contributed by atoms with Crippen LogP contribution in [0.25, 0.3) is 0 Å². The van der Waals surface area contributed by atoms with Gasteiger partial charge in [-0.05, 0) is 49.4 Å². The number of hydrogen-bond acceptors (Lipinski definition) is 4. The van der Waals surface area contributed by atoms with Crippen molar-refractivity contribution in [3.05, 3.63) is 57.5 Å². The fraction of sp³-hybridized carbons (Fsp3) is 0.176. The van der Waals surface area contributed by atoms with Crippen molar-refractivity contribution in [2.75, 3.05) is 13.2 Å². The lowest BCUT2D eigenvalue weighted by Crippen LogP contribution is -2.24. The molecule has 0 saturated carbocycles. The molecule has 5 nitrogen and oxygen atoms in total. The number of hydrogen-bond donors (Lipinski definition) is 1. The minimum atomic E-state index is -0.367. The minimum absolute atomic E-state index is 0.143. The first kappa shape index (κ1) is 18.3. The second-order valence-corrected chi connectivity index (χ2v) is 6.00. The van der Waals surface area contributed by atoms with Crippen LogP contribution < -0.4 is 14.9 Å². The Kier molecular flexibility index (Phi) is 7.08. The van der Waals surface area contributed by atoms with E-state index in [2.05, 4.69) is 26.5 Å². The van der Waals surface area contributed by atoms with Gasteiger partial charge in [-0.2, -0.15) is 5.10 Å². The molecule has 126 valence electrons. The first-order valence-corrected chi connectivity index (χ1v) is 8.38. The summed E-state index contributed by atoms with van der Waals surface area (Å²) in [6, 6.07) is 12.3. The first-order chi connectivity index (χ1) is 11.6. The van der Waals surface area contributed by atoms with Crippen LogP contribution in [0, 0.1) is 0 Å². The third kappa shape index (κ3) is 5.86. The van der Waals surface area contributed by atoms with E-state index < -0.39 is 0 Å². The molecule has 0 fully saturated rings. The molecule has 0 unspecified atom stereocenters. The number of hydrazone groups is 1. The number of carbonyl (C=O) groups is 1. The van der Waals surface area contributed by atoms with Gasteiger partial charge in [-0.25, -0.2) is 5.43 Å². The Labute approximate surface area is 153 Å². The highest BCUT2D eigenvalue weighted by Crippen LogP contribution is 2.21. The third-order valence-corrected chi connectivity index (χ3v) is 3.59. The molecule has 0 heterocycles. The molecule has 1 amide bonds. The lowest BCUT2D eigenvalue weighted by Gasteiger charge is -2.07. The zero-order valence-electron chi connectivity index (χ0n) is 13.0. The molecule has 0 aliphatic heterocycles. The average molecular weight is 412 g/mol. The molecule has 0 saturated heterocycles. The second kappa shape index (κ2) is 9.30. The van der Waals surface area contributed by atoms with Gasteiger partial charge in [0.2, 0.25) is 0 Å². The van der Waals surface area contributed by atoms with Gasteiger partial charge in [-0.3, -0.25) is 4.79 Å². The van der Waals surface area contributed by atoms with E-state index in [9.17, 15) is 4.79 Å². The van der Waals surface area contributed by atoms with Crippen LogP contribution >= 0.6 is 27.5 Å². The summed E-state index contributed by atoms with van der Waals surface area (Å²) >= 11 is 9.17. The molecule has 0 atom stereocenters. The highest BCUT2D eigenvalue weighted by Gasteiger charge is 2.04. The van der Waals surface area contributed by atoms with Crippen molar-refractivity contribution >= 4 is 39.7 Å². The predicted molar refractivity (Wildman–Crippen MR) is 98.0 cm³/mol. The van der Waals surface area contributed by atoms with E-state index in [1.54, 1.807) is 24.3 Å². The van der Waals surface area contributed by atoms with E-state index in [-0.39, 0.29) is 12.5 Å². The Bertz CT molecular complexity index is 720. The van der Waals surface area contributed by atoms with Gasteiger partial charge in [-0.15, -0.1) is 0 Å². The van der Waals surface area contributed by atoms with Crippen LogP contribution in [0.15, 0.2) is 52.0 Å². The largest absolute Gasteiger partial charge is 0.493 e. The molecule has 0 aliphatic rings. The predicted octanol–water partition coefficient (Wildman–Crippen LogP) is 4.03. The average Bonchev–Trinajstić information content (AvgIpc) is 2.57. The van der Waals surface area contributed by atoms with E-state index in [4.69, 9.17) is 21.1 Å². The van der Waals surface area contributed by atoms with Crippen LogP contribution in [0.4, 0.5) is 0 Å². The SMILES string of the molecule is CCOc1ccc(Br)cc1/C=N\NC(=O)COc1ccc(Cl)cc1. The van der Waals surface area contributed by atoms with E-state index in [0.717, 1.165) is 10.0 Å². The van der Waals surface area contributed by atoms with Crippen LogP contribution in [0.3, 0.4) is 0 Å². The van der Waals surface area contributed by atoms with Crippen molar-refractivity contribution in [2.45, 2.75) is 6.92 Å².